The number of carbonyl (C=O) groups excluding carboxylic acids is 2. The lowest BCUT2D eigenvalue weighted by Crippen LogP contribution is -2.57. The molecule has 3 fully saturated rings. The zero-order valence-electron chi connectivity index (χ0n) is 26.0. The normalized spacial score (nSPS) is 20.6. The second-order valence-electron chi connectivity index (χ2n) is 12.9. The third kappa shape index (κ3) is 9.67. The molecule has 3 N–H and O–H groups in total. The Kier molecular flexibility index (Phi) is 12.3. The van der Waals surface area contributed by atoms with Crippen molar-refractivity contribution in [3.8, 4) is 0 Å². The molecule has 2 saturated heterocycles. The molecule has 44 heavy (non-hydrogen) atoms. The van der Waals surface area contributed by atoms with Gasteiger partial charge >= 0.3 is 6.09 Å². The molecule has 0 bridgehead atoms. The second kappa shape index (κ2) is 16.6. The van der Waals surface area contributed by atoms with Crippen molar-refractivity contribution in [1.29, 1.82) is 0 Å². The van der Waals surface area contributed by atoms with E-state index in [1.807, 2.05) is 59.5 Å². The van der Waals surface area contributed by atoms with Crippen LogP contribution in [-0.4, -0.2) is 85.1 Å². The van der Waals surface area contributed by atoms with E-state index in [2.05, 4.69) is 15.1 Å². The number of ether oxygens (including phenoxy) is 1. The fourth-order valence-corrected chi connectivity index (χ4v) is 7.17. The van der Waals surface area contributed by atoms with Crippen LogP contribution < -0.4 is 11.1 Å². The lowest BCUT2D eigenvalue weighted by molar-refractivity contribution is -0.137. The Hall–Kier alpha value is -2.65. The van der Waals surface area contributed by atoms with E-state index in [-0.39, 0.29) is 24.5 Å². The molecule has 1 saturated carbocycles. The first-order chi connectivity index (χ1) is 21.4. The third-order valence-electron chi connectivity index (χ3n) is 9.84. The predicted molar refractivity (Wildman–Crippen MR) is 175 cm³/mol. The molecular weight excluding hydrogens is 574 g/mol. The molecule has 2 amide bonds. The minimum absolute atomic E-state index is 0.0387. The molecule has 5 rings (SSSR count). The molecule has 2 aliphatic heterocycles. The van der Waals surface area contributed by atoms with E-state index in [1.54, 1.807) is 0 Å². The minimum Gasteiger partial charge on any atom is -0.445 e. The number of amides is 2. The van der Waals surface area contributed by atoms with Crippen molar-refractivity contribution in [2.24, 2.45) is 17.6 Å². The maximum absolute atomic E-state index is 13.8. The topological polar surface area (TPSA) is 91.1 Å². The second-order valence-corrected chi connectivity index (χ2v) is 13.4. The first-order valence-corrected chi connectivity index (χ1v) is 17.0. The van der Waals surface area contributed by atoms with Crippen molar-refractivity contribution in [3.05, 3.63) is 70.7 Å². The van der Waals surface area contributed by atoms with Gasteiger partial charge < -0.3 is 25.6 Å². The molecule has 240 valence electrons. The SMILES string of the molecule is N[C@@H](CCN1CCC(CN2CCN(C(=O)[C@H](NC(=O)OCc3ccccc3)C3CCCCC3)CC2)CC1)c1ccc(Cl)cc1. The Morgan fingerprint density at radius 1 is 0.864 bits per heavy atom. The van der Waals surface area contributed by atoms with Gasteiger partial charge in [-0.25, -0.2) is 4.79 Å². The fourth-order valence-electron chi connectivity index (χ4n) is 7.04. The zero-order valence-corrected chi connectivity index (χ0v) is 26.8. The number of hydrogen-bond acceptors (Lipinski definition) is 6. The average Bonchev–Trinajstić information content (AvgIpc) is 3.07. The van der Waals surface area contributed by atoms with E-state index in [9.17, 15) is 9.59 Å². The highest BCUT2D eigenvalue weighted by Gasteiger charge is 2.36. The van der Waals surface area contributed by atoms with Crippen LogP contribution in [0.2, 0.25) is 5.02 Å². The zero-order chi connectivity index (χ0) is 30.7. The van der Waals surface area contributed by atoms with Gasteiger partial charge in [0.1, 0.15) is 12.6 Å². The van der Waals surface area contributed by atoms with Gasteiger partial charge in [-0.15, -0.1) is 0 Å². The number of carbonyl (C=O) groups is 2. The lowest BCUT2D eigenvalue weighted by atomic mass is 9.83. The van der Waals surface area contributed by atoms with E-state index >= 15 is 0 Å². The molecule has 0 spiro atoms. The van der Waals surface area contributed by atoms with Gasteiger partial charge in [0.15, 0.2) is 0 Å². The van der Waals surface area contributed by atoms with Gasteiger partial charge in [0.2, 0.25) is 5.91 Å². The number of nitrogens with zero attached hydrogens (tertiary/aromatic N) is 3. The maximum atomic E-state index is 13.8. The monoisotopic (exact) mass is 623 g/mol. The number of nitrogens with one attached hydrogen (secondary N) is 1. The van der Waals surface area contributed by atoms with E-state index in [4.69, 9.17) is 22.1 Å². The van der Waals surface area contributed by atoms with Crippen molar-refractivity contribution in [1.82, 2.24) is 20.0 Å². The number of nitrogens with two attached hydrogens (primary N) is 1. The molecule has 0 radical (unpaired) electrons. The Morgan fingerprint density at radius 2 is 1.55 bits per heavy atom. The van der Waals surface area contributed by atoms with Gasteiger partial charge in [-0.05, 0) is 86.8 Å². The Balaban J connectivity index is 1.03. The quantitative estimate of drug-likeness (QED) is 0.345. The molecular formula is C35H50ClN5O3. The van der Waals surface area contributed by atoms with E-state index in [0.29, 0.717) is 19.0 Å². The Labute approximate surface area is 268 Å². The van der Waals surface area contributed by atoms with Gasteiger partial charge in [0, 0.05) is 43.8 Å². The number of alkyl carbamates (subject to hydrolysis) is 1. The number of likely N-dealkylation sites (tertiary alicyclic amines) is 1. The fraction of sp³-hybridized carbons (Fsp3) is 0.600. The number of benzene rings is 2. The molecule has 1 aliphatic carbocycles. The molecule has 3 aliphatic rings. The first-order valence-electron chi connectivity index (χ1n) is 16.7. The van der Waals surface area contributed by atoms with Crippen LogP contribution >= 0.6 is 11.6 Å². The molecule has 2 aromatic carbocycles. The molecule has 2 atom stereocenters. The van der Waals surface area contributed by atoms with Gasteiger partial charge in [0.25, 0.3) is 0 Å². The summed E-state index contributed by atoms with van der Waals surface area (Å²) in [6.45, 7) is 7.75. The van der Waals surface area contributed by atoms with Crippen LogP contribution in [0.5, 0.6) is 0 Å². The third-order valence-corrected chi connectivity index (χ3v) is 10.1. The largest absolute Gasteiger partial charge is 0.445 e. The average molecular weight is 624 g/mol. The highest BCUT2D eigenvalue weighted by molar-refractivity contribution is 6.30. The summed E-state index contributed by atoms with van der Waals surface area (Å²) in [4.78, 5) is 33.6. The molecule has 0 unspecified atom stereocenters. The number of halogens is 1. The summed E-state index contributed by atoms with van der Waals surface area (Å²) in [7, 11) is 0. The van der Waals surface area contributed by atoms with Crippen LogP contribution in [0.25, 0.3) is 0 Å². The van der Waals surface area contributed by atoms with Crippen molar-refractivity contribution < 1.29 is 14.3 Å². The van der Waals surface area contributed by atoms with Crippen molar-refractivity contribution >= 4 is 23.6 Å². The van der Waals surface area contributed by atoms with Gasteiger partial charge in [0.05, 0.1) is 0 Å². The lowest BCUT2D eigenvalue weighted by Gasteiger charge is -2.40. The summed E-state index contributed by atoms with van der Waals surface area (Å²) in [5, 5.41) is 3.72. The standard InChI is InChI=1S/C35H50ClN5O3/c36-31-13-11-29(12-14-31)32(37)17-20-39-18-15-27(16-19-39)25-40-21-23-41(24-22-40)34(42)33(30-9-5-2-6-10-30)38-35(43)44-26-28-7-3-1-4-8-28/h1,3-4,7-8,11-14,27,30,32-33H,2,5-6,9-10,15-26,37H2,(H,38,43)/t32-,33+/m0/s1. The highest BCUT2D eigenvalue weighted by Crippen LogP contribution is 2.28. The van der Waals surface area contributed by atoms with Gasteiger partial charge in [-0.2, -0.15) is 0 Å². The summed E-state index contributed by atoms with van der Waals surface area (Å²) >= 11 is 6.02. The van der Waals surface area contributed by atoms with E-state index in [1.165, 1.54) is 19.3 Å². The predicted octanol–water partition coefficient (Wildman–Crippen LogP) is 5.46. The smallest absolute Gasteiger partial charge is 0.408 e. The van der Waals surface area contributed by atoms with Gasteiger partial charge in [-0.3, -0.25) is 9.69 Å². The van der Waals surface area contributed by atoms with Crippen LogP contribution in [0.4, 0.5) is 4.79 Å². The summed E-state index contributed by atoms with van der Waals surface area (Å²) < 4.78 is 5.50. The number of piperazine rings is 1. The van der Waals surface area contributed by atoms with Crippen LogP contribution in [-0.2, 0) is 16.1 Å². The van der Waals surface area contributed by atoms with Gasteiger partial charge in [-0.1, -0.05) is 73.3 Å². The Morgan fingerprint density at radius 3 is 2.23 bits per heavy atom. The molecule has 8 nitrogen and oxygen atoms in total. The van der Waals surface area contributed by atoms with E-state index in [0.717, 1.165) is 87.5 Å². The number of rotatable bonds is 11. The summed E-state index contributed by atoms with van der Waals surface area (Å²) in [5.41, 5.74) is 8.51. The van der Waals surface area contributed by atoms with Crippen LogP contribution in [0.15, 0.2) is 54.6 Å². The maximum Gasteiger partial charge on any atom is 0.408 e. The van der Waals surface area contributed by atoms with Crippen LogP contribution in [0.1, 0.15) is 68.5 Å². The van der Waals surface area contributed by atoms with Crippen LogP contribution in [0, 0.1) is 11.8 Å². The Bertz CT molecular complexity index is 1160. The minimum atomic E-state index is -0.512. The van der Waals surface area contributed by atoms with Crippen molar-refractivity contribution in [2.75, 3.05) is 52.4 Å². The highest BCUT2D eigenvalue weighted by atomic mass is 35.5. The first kappa shape index (κ1) is 32.7. The summed E-state index contributed by atoms with van der Waals surface area (Å²) in [6.07, 6.45) is 8.21. The van der Waals surface area contributed by atoms with Crippen LogP contribution in [0.3, 0.4) is 0 Å². The van der Waals surface area contributed by atoms with E-state index < -0.39 is 12.1 Å². The molecule has 2 aromatic rings. The number of hydrogen-bond donors (Lipinski definition) is 2. The van der Waals surface area contributed by atoms with Crippen molar-refractivity contribution in [3.63, 3.8) is 0 Å². The molecule has 9 heteroatoms. The molecule has 0 aromatic heterocycles. The van der Waals surface area contributed by atoms with Crippen molar-refractivity contribution in [2.45, 2.75) is 70.1 Å². The number of piperidine rings is 1. The summed E-state index contributed by atoms with van der Waals surface area (Å²) in [6, 6.07) is 17.1. The molecule has 2 heterocycles. The summed E-state index contributed by atoms with van der Waals surface area (Å²) in [5.74, 6) is 0.914.